The topological polar surface area (TPSA) is 80.7 Å². The standard InChI is InChI=1S/C20H28O5S/c1-15(2)19(11-10-16(3)12-13-25-17(4)21)20(22)14-26(23,24)18-8-6-5-7-9-18/h5-9,12,20,22H,10-11,13-14H2,1-4H3/b16-12+. The molecule has 0 saturated carbocycles. The van der Waals surface area contributed by atoms with E-state index < -0.39 is 15.9 Å². The first-order valence-electron chi connectivity index (χ1n) is 8.54. The third-order valence-electron chi connectivity index (χ3n) is 4.03. The molecule has 26 heavy (non-hydrogen) atoms. The van der Waals surface area contributed by atoms with E-state index in [9.17, 15) is 18.3 Å². The van der Waals surface area contributed by atoms with Crippen molar-refractivity contribution in [2.45, 2.75) is 51.5 Å². The third-order valence-corrected chi connectivity index (χ3v) is 5.78. The monoisotopic (exact) mass is 380 g/mol. The molecule has 0 bridgehead atoms. The van der Waals surface area contributed by atoms with Crippen LogP contribution >= 0.6 is 0 Å². The molecule has 0 aliphatic carbocycles. The average molecular weight is 381 g/mol. The van der Waals surface area contributed by atoms with Crippen molar-refractivity contribution in [1.82, 2.24) is 0 Å². The van der Waals surface area contributed by atoms with E-state index in [-0.39, 0.29) is 23.2 Å². The molecular weight excluding hydrogens is 352 g/mol. The van der Waals surface area contributed by atoms with Crippen LogP contribution in [0.15, 0.2) is 58.0 Å². The van der Waals surface area contributed by atoms with Gasteiger partial charge in [-0.2, -0.15) is 0 Å². The van der Waals surface area contributed by atoms with Crippen molar-refractivity contribution in [3.63, 3.8) is 0 Å². The summed E-state index contributed by atoms with van der Waals surface area (Å²) >= 11 is 0. The molecular formula is C20H28O5S. The van der Waals surface area contributed by atoms with Gasteiger partial charge in [-0.05, 0) is 57.4 Å². The molecule has 1 unspecified atom stereocenters. The minimum Gasteiger partial charge on any atom is -0.462 e. The van der Waals surface area contributed by atoms with Gasteiger partial charge in [-0.15, -0.1) is 0 Å². The summed E-state index contributed by atoms with van der Waals surface area (Å²) in [7, 11) is -3.56. The smallest absolute Gasteiger partial charge is 0.302 e. The van der Waals surface area contributed by atoms with E-state index in [2.05, 4.69) is 0 Å². The Labute approximate surface area is 156 Å². The zero-order valence-electron chi connectivity index (χ0n) is 15.9. The Morgan fingerprint density at radius 1 is 1.12 bits per heavy atom. The maximum Gasteiger partial charge on any atom is 0.302 e. The van der Waals surface area contributed by atoms with Gasteiger partial charge in [-0.1, -0.05) is 29.3 Å². The number of rotatable bonds is 9. The van der Waals surface area contributed by atoms with Gasteiger partial charge in [0.2, 0.25) is 0 Å². The fraction of sp³-hybridized carbons (Fsp3) is 0.450. The van der Waals surface area contributed by atoms with E-state index >= 15 is 0 Å². The Kier molecular flexibility index (Phi) is 8.75. The predicted molar refractivity (Wildman–Crippen MR) is 102 cm³/mol. The first-order chi connectivity index (χ1) is 12.1. The fourth-order valence-electron chi connectivity index (χ4n) is 2.52. The fourth-order valence-corrected chi connectivity index (χ4v) is 3.90. The van der Waals surface area contributed by atoms with Crippen LogP contribution in [-0.2, 0) is 19.4 Å². The van der Waals surface area contributed by atoms with Crippen LogP contribution in [0.2, 0.25) is 0 Å². The molecule has 1 aromatic carbocycles. The molecule has 144 valence electrons. The number of aliphatic hydroxyl groups is 1. The number of allylic oxidation sites excluding steroid dienone is 2. The second-order valence-electron chi connectivity index (χ2n) is 6.49. The summed E-state index contributed by atoms with van der Waals surface area (Å²) in [6.07, 6.45) is 1.98. The zero-order chi connectivity index (χ0) is 19.7. The van der Waals surface area contributed by atoms with Crippen LogP contribution in [0.4, 0.5) is 0 Å². The first-order valence-corrected chi connectivity index (χ1v) is 10.2. The Morgan fingerprint density at radius 2 is 1.73 bits per heavy atom. The predicted octanol–water partition coefficient (Wildman–Crippen LogP) is 3.45. The molecule has 1 atom stereocenters. The maximum atomic E-state index is 12.5. The number of carbonyl (C=O) groups excluding carboxylic acids is 1. The molecule has 1 aromatic rings. The highest BCUT2D eigenvalue weighted by Gasteiger charge is 2.22. The minimum absolute atomic E-state index is 0.213. The van der Waals surface area contributed by atoms with Gasteiger partial charge in [0, 0.05) is 6.92 Å². The molecule has 0 heterocycles. The summed E-state index contributed by atoms with van der Waals surface area (Å²) < 4.78 is 29.8. The largest absolute Gasteiger partial charge is 0.462 e. The molecule has 1 N–H and O–H groups in total. The van der Waals surface area contributed by atoms with Crippen molar-refractivity contribution >= 4 is 15.8 Å². The van der Waals surface area contributed by atoms with Crippen LogP contribution in [0.25, 0.3) is 0 Å². The second-order valence-corrected chi connectivity index (χ2v) is 8.52. The van der Waals surface area contributed by atoms with Gasteiger partial charge in [0.15, 0.2) is 9.84 Å². The number of benzene rings is 1. The van der Waals surface area contributed by atoms with Crippen molar-refractivity contribution in [3.05, 3.63) is 53.1 Å². The lowest BCUT2D eigenvalue weighted by molar-refractivity contribution is -0.139. The van der Waals surface area contributed by atoms with Gasteiger partial charge < -0.3 is 9.84 Å². The SMILES string of the molecule is CC(=O)OC/C=C(\C)CCC(=C(C)C)C(O)CS(=O)(=O)c1ccccc1. The number of hydrogen-bond acceptors (Lipinski definition) is 5. The molecule has 0 aliphatic rings. The van der Waals surface area contributed by atoms with E-state index in [4.69, 9.17) is 4.74 Å². The molecule has 0 saturated heterocycles. The number of aliphatic hydroxyl groups excluding tert-OH is 1. The van der Waals surface area contributed by atoms with Crippen LogP contribution in [0.5, 0.6) is 0 Å². The van der Waals surface area contributed by atoms with Crippen LogP contribution in [0.3, 0.4) is 0 Å². The van der Waals surface area contributed by atoms with Crippen molar-refractivity contribution < 1.29 is 23.1 Å². The summed E-state index contributed by atoms with van der Waals surface area (Å²) in [4.78, 5) is 11.0. The lowest BCUT2D eigenvalue weighted by atomic mass is 9.98. The average Bonchev–Trinajstić information content (AvgIpc) is 2.54. The van der Waals surface area contributed by atoms with E-state index in [1.165, 1.54) is 19.1 Å². The summed E-state index contributed by atoms with van der Waals surface area (Å²) in [6.45, 7) is 7.22. The highest BCUT2D eigenvalue weighted by atomic mass is 32.2. The maximum absolute atomic E-state index is 12.5. The number of carbonyl (C=O) groups is 1. The third kappa shape index (κ3) is 7.54. The Hall–Kier alpha value is -1.92. The summed E-state index contributed by atoms with van der Waals surface area (Å²) in [5.41, 5.74) is 2.65. The second kappa shape index (κ2) is 10.3. The van der Waals surface area contributed by atoms with Crippen LogP contribution in [0, 0.1) is 0 Å². The quantitative estimate of drug-likeness (QED) is 0.524. The van der Waals surface area contributed by atoms with Crippen LogP contribution in [-0.4, -0.2) is 38.0 Å². The van der Waals surface area contributed by atoms with Gasteiger partial charge in [0.05, 0.1) is 16.8 Å². The Balaban J connectivity index is 2.76. The Morgan fingerprint density at radius 3 is 2.27 bits per heavy atom. The van der Waals surface area contributed by atoms with E-state index in [0.717, 1.165) is 16.7 Å². The zero-order valence-corrected chi connectivity index (χ0v) is 16.7. The highest BCUT2D eigenvalue weighted by molar-refractivity contribution is 7.91. The number of esters is 1. The molecule has 1 rings (SSSR count). The number of hydrogen-bond donors (Lipinski definition) is 1. The van der Waals surface area contributed by atoms with Gasteiger partial charge >= 0.3 is 5.97 Å². The molecule has 0 aromatic heterocycles. The lowest BCUT2D eigenvalue weighted by Crippen LogP contribution is -2.24. The normalized spacial score (nSPS) is 13.2. The van der Waals surface area contributed by atoms with Crippen molar-refractivity contribution in [3.8, 4) is 0 Å². The molecule has 0 amide bonds. The molecule has 6 heteroatoms. The molecule has 0 radical (unpaired) electrons. The van der Waals surface area contributed by atoms with Crippen molar-refractivity contribution in [1.29, 1.82) is 0 Å². The van der Waals surface area contributed by atoms with Gasteiger partial charge in [0.1, 0.15) is 6.61 Å². The summed E-state index contributed by atoms with van der Waals surface area (Å²) in [5, 5.41) is 10.5. The van der Waals surface area contributed by atoms with Crippen LogP contribution in [0.1, 0.15) is 40.5 Å². The lowest BCUT2D eigenvalue weighted by Gasteiger charge is -2.18. The summed E-state index contributed by atoms with van der Waals surface area (Å²) in [5.74, 6) is -0.672. The first kappa shape index (κ1) is 22.1. The van der Waals surface area contributed by atoms with Gasteiger partial charge in [-0.25, -0.2) is 8.42 Å². The van der Waals surface area contributed by atoms with Gasteiger partial charge in [0.25, 0.3) is 0 Å². The van der Waals surface area contributed by atoms with Gasteiger partial charge in [-0.3, -0.25) is 4.79 Å². The molecule has 0 aliphatic heterocycles. The molecule has 0 spiro atoms. The minimum atomic E-state index is -3.56. The van der Waals surface area contributed by atoms with E-state index in [0.29, 0.717) is 12.8 Å². The van der Waals surface area contributed by atoms with Crippen molar-refractivity contribution in [2.75, 3.05) is 12.4 Å². The van der Waals surface area contributed by atoms with Crippen molar-refractivity contribution in [2.24, 2.45) is 0 Å². The van der Waals surface area contributed by atoms with E-state index in [1.807, 2.05) is 26.8 Å². The number of ether oxygens (including phenoxy) is 1. The van der Waals surface area contributed by atoms with Crippen LogP contribution < -0.4 is 0 Å². The number of sulfone groups is 1. The molecule has 5 nitrogen and oxygen atoms in total. The van der Waals surface area contributed by atoms with E-state index in [1.54, 1.807) is 18.2 Å². The summed E-state index contributed by atoms with van der Waals surface area (Å²) in [6, 6.07) is 8.15. The molecule has 0 fully saturated rings. The Bertz CT molecular complexity index is 757. The highest BCUT2D eigenvalue weighted by Crippen LogP contribution is 2.22.